The zero-order valence-corrected chi connectivity index (χ0v) is 24.2. The van der Waals surface area contributed by atoms with Gasteiger partial charge in [-0.1, -0.05) is 67.1 Å². The Morgan fingerprint density at radius 1 is 1.14 bits per heavy atom. The Kier molecular flexibility index (Phi) is 8.35. The molecule has 8 nitrogen and oxygen atoms in total. The van der Waals surface area contributed by atoms with Crippen LogP contribution in [0.15, 0.2) is 97.5 Å². The summed E-state index contributed by atoms with van der Waals surface area (Å²) < 4.78 is 0. The number of benzene rings is 3. The van der Waals surface area contributed by atoms with Crippen molar-refractivity contribution in [3.05, 3.63) is 125 Å². The molecule has 0 spiro atoms. The smallest absolute Gasteiger partial charge is 0.148 e. The summed E-state index contributed by atoms with van der Waals surface area (Å²) in [6.45, 7) is 6.52. The first-order valence-electron chi connectivity index (χ1n) is 13.6. The topological polar surface area (TPSA) is 112 Å². The highest BCUT2D eigenvalue weighted by atomic mass is 35.5. The van der Waals surface area contributed by atoms with Crippen LogP contribution in [0, 0.1) is 22.7 Å². The third-order valence-corrected chi connectivity index (χ3v) is 7.71. The molecule has 5 rings (SSSR count). The average Bonchev–Trinajstić information content (AvgIpc) is 3.50. The van der Waals surface area contributed by atoms with Crippen LogP contribution >= 0.6 is 11.6 Å². The fraction of sp³-hybridized carbons (Fsp3) is 0.156. The number of nitrogens with one attached hydrogen (secondary N) is 4. The highest BCUT2D eigenvalue weighted by Crippen LogP contribution is 2.38. The molecule has 1 aromatic heterocycles. The first-order valence-corrected chi connectivity index (χ1v) is 14.0. The van der Waals surface area contributed by atoms with E-state index in [1.807, 2.05) is 67.6 Å². The van der Waals surface area contributed by atoms with Gasteiger partial charge in [-0.15, -0.1) is 12.1 Å². The number of nitriles is 2. The van der Waals surface area contributed by atoms with E-state index >= 15 is 0 Å². The molecule has 0 fully saturated rings. The van der Waals surface area contributed by atoms with Crippen molar-refractivity contribution in [1.29, 1.82) is 10.5 Å². The molecule has 2 heterocycles. The number of aromatic nitrogens is 1. The van der Waals surface area contributed by atoms with Gasteiger partial charge < -0.3 is 16.1 Å². The van der Waals surface area contributed by atoms with Gasteiger partial charge in [0.15, 0.2) is 0 Å². The molecule has 208 valence electrons. The molecular formula is C32H30BClN8. The molecule has 0 amide bonds. The number of hydrogen-bond acceptors (Lipinski definition) is 8. The molecule has 0 aliphatic carbocycles. The number of fused-ring (bicyclic) bond motifs is 1. The van der Waals surface area contributed by atoms with Crippen molar-refractivity contribution in [2.75, 3.05) is 17.2 Å². The average molecular weight is 573 g/mol. The second-order valence-corrected chi connectivity index (χ2v) is 10.6. The lowest BCUT2D eigenvalue weighted by molar-refractivity contribution is 0.296. The molecule has 0 bridgehead atoms. The van der Waals surface area contributed by atoms with E-state index in [4.69, 9.17) is 11.6 Å². The zero-order chi connectivity index (χ0) is 29.7. The Labute approximate surface area is 251 Å². The third kappa shape index (κ3) is 5.62. The van der Waals surface area contributed by atoms with Gasteiger partial charge in [0.05, 0.1) is 57.1 Å². The molecule has 1 unspecified atom stereocenters. The second kappa shape index (κ2) is 12.3. The Morgan fingerprint density at radius 2 is 1.95 bits per heavy atom. The fourth-order valence-electron chi connectivity index (χ4n) is 5.18. The molecule has 4 aromatic rings. The number of halogens is 1. The minimum absolute atomic E-state index is 0.0203. The van der Waals surface area contributed by atoms with Crippen LogP contribution < -0.4 is 21.6 Å². The molecule has 10 heteroatoms. The van der Waals surface area contributed by atoms with Crippen LogP contribution in [-0.4, -0.2) is 24.4 Å². The quantitative estimate of drug-likeness (QED) is 0.147. The second-order valence-electron chi connectivity index (χ2n) is 10.2. The molecule has 2 atom stereocenters. The highest BCUT2D eigenvalue weighted by Gasteiger charge is 2.35. The predicted octanol–water partition coefficient (Wildman–Crippen LogP) is 5.44. The largest absolute Gasteiger partial charge is 0.378 e. The summed E-state index contributed by atoms with van der Waals surface area (Å²) in [6, 6.07) is 25.9. The van der Waals surface area contributed by atoms with E-state index in [9.17, 15) is 10.5 Å². The Hall–Kier alpha value is -4.96. The summed E-state index contributed by atoms with van der Waals surface area (Å²) in [6.07, 6.45) is 6.13. The summed E-state index contributed by atoms with van der Waals surface area (Å²) in [5, 5.41) is 30.0. The molecule has 0 radical (unpaired) electrons. The van der Waals surface area contributed by atoms with E-state index in [0.717, 1.165) is 34.3 Å². The summed E-state index contributed by atoms with van der Waals surface area (Å²) >= 11 is 6.85. The van der Waals surface area contributed by atoms with Gasteiger partial charge in [0, 0.05) is 23.5 Å². The van der Waals surface area contributed by atoms with Crippen LogP contribution in [0.5, 0.6) is 0 Å². The molecule has 4 N–H and O–H groups in total. The van der Waals surface area contributed by atoms with E-state index in [1.165, 1.54) is 0 Å². The van der Waals surface area contributed by atoms with Crippen molar-refractivity contribution in [2.24, 2.45) is 0 Å². The molecular weight excluding hydrogens is 543 g/mol. The maximum absolute atomic E-state index is 10.0. The predicted molar refractivity (Wildman–Crippen MR) is 171 cm³/mol. The number of hydrazine groups is 2. The maximum Gasteiger partial charge on any atom is 0.148 e. The molecule has 42 heavy (non-hydrogen) atoms. The van der Waals surface area contributed by atoms with E-state index in [-0.39, 0.29) is 6.04 Å². The normalized spacial score (nSPS) is 14.6. The molecule has 0 saturated carbocycles. The molecule has 1 aliphatic heterocycles. The van der Waals surface area contributed by atoms with E-state index in [0.29, 0.717) is 33.9 Å². The van der Waals surface area contributed by atoms with Crippen LogP contribution in [0.4, 0.5) is 11.4 Å². The van der Waals surface area contributed by atoms with Gasteiger partial charge in [-0.25, -0.2) is 0 Å². The molecule has 1 aliphatic rings. The van der Waals surface area contributed by atoms with Gasteiger partial charge in [-0.05, 0) is 41.8 Å². The number of anilines is 2. The number of nitrogens with zero attached hydrogens (tertiary/aromatic N) is 4. The molecule has 3 aromatic carbocycles. The van der Waals surface area contributed by atoms with Crippen molar-refractivity contribution in [3.8, 4) is 12.1 Å². The first-order chi connectivity index (χ1) is 20.4. The van der Waals surface area contributed by atoms with Crippen LogP contribution in [0.25, 0.3) is 10.9 Å². The van der Waals surface area contributed by atoms with Crippen molar-refractivity contribution < 1.29 is 0 Å². The van der Waals surface area contributed by atoms with Crippen molar-refractivity contribution in [2.45, 2.75) is 24.8 Å². The minimum atomic E-state index is -0.809. The minimum Gasteiger partial charge on any atom is -0.378 e. The standard InChI is InChI=1S/C32H30BClN8/c1-3-13-42-20-29(40-41-42)32(33,24-12-8-9-21(14-24)17-35)39-25-15-26-30(23(18-36)19-37-31(26)27(34)16-25)38-28(4-2)22-10-6-5-7-11-22/h3,5-12,14-16,19-20,28,39-41H,1,4,13,33H2,2H3,(H,37,38)/t28-,32?/m1/s1. The summed E-state index contributed by atoms with van der Waals surface area (Å²) in [4.78, 5) is 4.54. The van der Waals surface area contributed by atoms with Gasteiger partial charge in [0.1, 0.15) is 13.9 Å². The van der Waals surface area contributed by atoms with Gasteiger partial charge in [-0.2, -0.15) is 10.5 Å². The Morgan fingerprint density at radius 3 is 2.67 bits per heavy atom. The zero-order valence-electron chi connectivity index (χ0n) is 23.4. The van der Waals surface area contributed by atoms with Gasteiger partial charge in [-0.3, -0.25) is 9.99 Å². The molecule has 0 saturated heterocycles. The summed E-state index contributed by atoms with van der Waals surface area (Å²) in [7, 11) is 2.03. The van der Waals surface area contributed by atoms with Crippen molar-refractivity contribution >= 4 is 41.7 Å². The van der Waals surface area contributed by atoms with E-state index < -0.39 is 5.44 Å². The fourth-order valence-corrected chi connectivity index (χ4v) is 5.45. The summed E-state index contributed by atoms with van der Waals surface area (Å²) in [5.74, 6) is 0. The van der Waals surface area contributed by atoms with Gasteiger partial charge in [0.2, 0.25) is 0 Å². The summed E-state index contributed by atoms with van der Waals surface area (Å²) in [5.41, 5.74) is 11.4. The SMILES string of the molecule is BC(Nc1cc(Cl)c2ncc(C#N)c(N[C@H](CC)c3ccccc3)c2c1)(C1=CN(CC=C)NN1)c1cccc(C#N)c1. The van der Waals surface area contributed by atoms with Crippen LogP contribution in [0.1, 0.15) is 41.6 Å². The number of pyridine rings is 1. The lowest BCUT2D eigenvalue weighted by atomic mass is 9.69. The van der Waals surface area contributed by atoms with E-state index in [1.54, 1.807) is 18.3 Å². The Bertz CT molecular complexity index is 1740. The Balaban J connectivity index is 1.63. The van der Waals surface area contributed by atoms with Crippen molar-refractivity contribution in [1.82, 2.24) is 21.0 Å². The number of hydrogen-bond donors (Lipinski definition) is 4. The van der Waals surface area contributed by atoms with Crippen LogP contribution in [-0.2, 0) is 5.44 Å². The van der Waals surface area contributed by atoms with Crippen LogP contribution in [0.2, 0.25) is 5.02 Å². The van der Waals surface area contributed by atoms with Crippen LogP contribution in [0.3, 0.4) is 0 Å². The third-order valence-electron chi connectivity index (χ3n) is 7.42. The van der Waals surface area contributed by atoms with Crippen molar-refractivity contribution in [3.63, 3.8) is 0 Å². The number of rotatable bonds is 10. The first kappa shape index (κ1) is 28.6. The van der Waals surface area contributed by atoms with E-state index in [2.05, 4.69) is 64.4 Å². The monoisotopic (exact) mass is 572 g/mol. The maximum atomic E-state index is 10.0. The van der Waals surface area contributed by atoms with Gasteiger partial charge >= 0.3 is 0 Å². The lowest BCUT2D eigenvalue weighted by Crippen LogP contribution is -2.45. The highest BCUT2D eigenvalue weighted by molar-refractivity contribution is 6.36. The van der Waals surface area contributed by atoms with Gasteiger partial charge in [0.25, 0.3) is 0 Å². The lowest BCUT2D eigenvalue weighted by Gasteiger charge is -2.34.